The maximum Gasteiger partial charge on any atom is 0.113 e. The Hall–Kier alpha value is -2.09. The van der Waals surface area contributed by atoms with Crippen molar-refractivity contribution in [3.63, 3.8) is 0 Å². The first-order valence-electron chi connectivity index (χ1n) is 5.83. The topological polar surface area (TPSA) is 28.7 Å². The number of aromatic amines is 1. The van der Waals surface area contributed by atoms with Gasteiger partial charge in [-0.3, -0.25) is 0 Å². The third kappa shape index (κ3) is 1.72. The van der Waals surface area contributed by atoms with Crippen LogP contribution >= 0.6 is 0 Å². The molecule has 0 aliphatic carbocycles. The summed E-state index contributed by atoms with van der Waals surface area (Å²) in [4.78, 5) is 7.53. The molecule has 0 radical (unpaired) electrons. The zero-order valence-corrected chi connectivity index (χ0v) is 9.72. The summed E-state index contributed by atoms with van der Waals surface area (Å²) >= 11 is 0. The Morgan fingerprint density at radius 2 is 1.88 bits per heavy atom. The minimum Gasteiger partial charge on any atom is -0.348 e. The molecule has 1 heterocycles. The highest BCUT2D eigenvalue weighted by Gasteiger charge is 2.12. The van der Waals surface area contributed by atoms with E-state index in [9.17, 15) is 0 Å². The van der Waals surface area contributed by atoms with Crippen molar-refractivity contribution in [3.8, 4) is 0 Å². The average Bonchev–Trinajstić information content (AvgIpc) is 2.91. The number of imidazole rings is 1. The van der Waals surface area contributed by atoms with Crippen molar-refractivity contribution in [1.82, 2.24) is 9.97 Å². The molecule has 0 unspecified atom stereocenters. The SMILES string of the molecule is C[C@H](c1ncc[nH]1)c1cccc2ccccc12. The molecule has 3 aromatic rings. The minimum absolute atomic E-state index is 0.288. The van der Waals surface area contributed by atoms with Crippen molar-refractivity contribution in [1.29, 1.82) is 0 Å². The molecule has 0 amide bonds. The molecule has 3 rings (SSSR count). The Morgan fingerprint density at radius 1 is 1.06 bits per heavy atom. The molecule has 2 aromatic carbocycles. The van der Waals surface area contributed by atoms with E-state index in [0.29, 0.717) is 0 Å². The number of benzene rings is 2. The molecule has 0 aliphatic rings. The Bertz CT molecular complexity index is 621. The Kier molecular flexibility index (Phi) is 2.41. The second-order valence-electron chi connectivity index (χ2n) is 4.26. The van der Waals surface area contributed by atoms with Gasteiger partial charge >= 0.3 is 0 Å². The number of H-pyrrole nitrogens is 1. The van der Waals surface area contributed by atoms with E-state index in [1.165, 1.54) is 16.3 Å². The number of hydrogen-bond donors (Lipinski definition) is 1. The molecule has 0 bridgehead atoms. The monoisotopic (exact) mass is 222 g/mol. The number of hydrogen-bond acceptors (Lipinski definition) is 1. The summed E-state index contributed by atoms with van der Waals surface area (Å²) in [5.41, 5.74) is 1.32. The highest BCUT2D eigenvalue weighted by molar-refractivity contribution is 5.86. The van der Waals surface area contributed by atoms with Crippen LogP contribution in [0.15, 0.2) is 54.9 Å². The van der Waals surface area contributed by atoms with Crippen LogP contribution in [0.1, 0.15) is 24.2 Å². The summed E-state index contributed by atoms with van der Waals surface area (Å²) in [6.45, 7) is 2.18. The quantitative estimate of drug-likeness (QED) is 0.703. The number of fused-ring (bicyclic) bond motifs is 1. The van der Waals surface area contributed by atoms with Crippen LogP contribution in [-0.2, 0) is 0 Å². The number of rotatable bonds is 2. The van der Waals surface area contributed by atoms with Crippen LogP contribution in [0.4, 0.5) is 0 Å². The molecule has 1 N–H and O–H groups in total. The van der Waals surface area contributed by atoms with Crippen molar-refractivity contribution in [2.24, 2.45) is 0 Å². The molecule has 17 heavy (non-hydrogen) atoms. The van der Waals surface area contributed by atoms with E-state index in [2.05, 4.69) is 59.4 Å². The molecule has 84 valence electrons. The molecule has 0 saturated heterocycles. The van der Waals surface area contributed by atoms with E-state index < -0.39 is 0 Å². The van der Waals surface area contributed by atoms with Crippen molar-refractivity contribution >= 4 is 10.8 Å². The van der Waals surface area contributed by atoms with Gasteiger partial charge in [-0.2, -0.15) is 0 Å². The molecule has 1 atom stereocenters. The van der Waals surface area contributed by atoms with Crippen molar-refractivity contribution in [2.45, 2.75) is 12.8 Å². The van der Waals surface area contributed by atoms with E-state index in [1.807, 2.05) is 6.20 Å². The summed E-state index contributed by atoms with van der Waals surface area (Å²) in [5.74, 6) is 1.30. The summed E-state index contributed by atoms with van der Waals surface area (Å²) in [6, 6.07) is 14.9. The maximum atomic E-state index is 4.34. The van der Waals surface area contributed by atoms with E-state index >= 15 is 0 Å². The third-order valence-corrected chi connectivity index (χ3v) is 3.22. The lowest BCUT2D eigenvalue weighted by atomic mass is 9.94. The lowest BCUT2D eigenvalue weighted by molar-refractivity contribution is 0.847. The van der Waals surface area contributed by atoms with Gasteiger partial charge in [-0.1, -0.05) is 49.4 Å². The van der Waals surface area contributed by atoms with Crippen LogP contribution in [0.5, 0.6) is 0 Å². The first kappa shape index (κ1) is 10.1. The van der Waals surface area contributed by atoms with Gasteiger partial charge in [0, 0.05) is 18.3 Å². The van der Waals surface area contributed by atoms with Gasteiger partial charge in [0.25, 0.3) is 0 Å². The largest absolute Gasteiger partial charge is 0.348 e. The van der Waals surface area contributed by atoms with Crippen LogP contribution < -0.4 is 0 Å². The van der Waals surface area contributed by atoms with Crippen molar-refractivity contribution < 1.29 is 0 Å². The van der Waals surface area contributed by atoms with Crippen LogP contribution in [-0.4, -0.2) is 9.97 Å². The fourth-order valence-electron chi connectivity index (χ4n) is 2.29. The molecule has 2 nitrogen and oxygen atoms in total. The van der Waals surface area contributed by atoms with Crippen molar-refractivity contribution in [2.75, 3.05) is 0 Å². The van der Waals surface area contributed by atoms with E-state index in [-0.39, 0.29) is 5.92 Å². The average molecular weight is 222 g/mol. The minimum atomic E-state index is 0.288. The van der Waals surface area contributed by atoms with Gasteiger partial charge in [0.1, 0.15) is 5.82 Å². The van der Waals surface area contributed by atoms with E-state index in [0.717, 1.165) is 5.82 Å². The molecule has 0 spiro atoms. The van der Waals surface area contributed by atoms with Crippen LogP contribution in [0.3, 0.4) is 0 Å². The van der Waals surface area contributed by atoms with Gasteiger partial charge in [0.05, 0.1) is 0 Å². The van der Waals surface area contributed by atoms with E-state index in [1.54, 1.807) is 6.20 Å². The molecular weight excluding hydrogens is 208 g/mol. The lowest BCUT2D eigenvalue weighted by Gasteiger charge is -2.12. The zero-order valence-electron chi connectivity index (χ0n) is 9.72. The number of aromatic nitrogens is 2. The predicted octanol–water partition coefficient (Wildman–Crippen LogP) is 3.71. The van der Waals surface area contributed by atoms with Crippen LogP contribution in [0.2, 0.25) is 0 Å². The normalized spacial score (nSPS) is 12.8. The smallest absolute Gasteiger partial charge is 0.113 e. The predicted molar refractivity (Wildman–Crippen MR) is 70.1 cm³/mol. The maximum absolute atomic E-state index is 4.34. The fraction of sp³-hybridized carbons (Fsp3) is 0.133. The first-order chi connectivity index (χ1) is 8.36. The van der Waals surface area contributed by atoms with Gasteiger partial charge in [-0.05, 0) is 16.3 Å². The molecule has 0 aliphatic heterocycles. The van der Waals surface area contributed by atoms with E-state index in [4.69, 9.17) is 0 Å². The van der Waals surface area contributed by atoms with Crippen LogP contribution in [0.25, 0.3) is 10.8 Å². The Balaban J connectivity index is 2.17. The summed E-state index contributed by atoms with van der Waals surface area (Å²) in [7, 11) is 0. The number of nitrogens with zero attached hydrogens (tertiary/aromatic N) is 1. The summed E-state index contributed by atoms with van der Waals surface area (Å²) in [6.07, 6.45) is 3.67. The number of nitrogens with one attached hydrogen (secondary N) is 1. The van der Waals surface area contributed by atoms with Crippen LogP contribution in [0, 0.1) is 0 Å². The zero-order chi connectivity index (χ0) is 11.7. The summed E-state index contributed by atoms with van der Waals surface area (Å²) < 4.78 is 0. The molecule has 2 heteroatoms. The van der Waals surface area contributed by atoms with Gasteiger partial charge in [-0.25, -0.2) is 4.98 Å². The fourth-order valence-corrected chi connectivity index (χ4v) is 2.29. The Morgan fingerprint density at radius 3 is 2.71 bits per heavy atom. The van der Waals surface area contributed by atoms with Gasteiger partial charge < -0.3 is 4.98 Å². The summed E-state index contributed by atoms with van der Waals surface area (Å²) in [5, 5.41) is 2.59. The van der Waals surface area contributed by atoms with Crippen molar-refractivity contribution in [3.05, 3.63) is 66.2 Å². The second-order valence-corrected chi connectivity index (χ2v) is 4.26. The second kappa shape index (κ2) is 4.06. The standard InChI is InChI=1S/C15H14N2/c1-11(15-16-9-10-17-15)13-8-4-6-12-5-2-3-7-14(12)13/h2-11H,1H3,(H,16,17)/t11-/m0/s1. The van der Waals surface area contributed by atoms with Gasteiger partial charge in [0.2, 0.25) is 0 Å². The molecule has 0 saturated carbocycles. The highest BCUT2D eigenvalue weighted by Crippen LogP contribution is 2.28. The van der Waals surface area contributed by atoms with Gasteiger partial charge in [-0.15, -0.1) is 0 Å². The molecule has 1 aromatic heterocycles. The third-order valence-electron chi connectivity index (χ3n) is 3.22. The first-order valence-corrected chi connectivity index (χ1v) is 5.83. The molecule has 0 fully saturated rings. The molecular formula is C15H14N2. The lowest BCUT2D eigenvalue weighted by Crippen LogP contribution is -1.99. The van der Waals surface area contributed by atoms with Gasteiger partial charge in [0.15, 0.2) is 0 Å². The Labute approximate surface area is 100 Å². The highest BCUT2D eigenvalue weighted by atomic mass is 14.9.